The Morgan fingerprint density at radius 2 is 1.31 bits per heavy atom. The molecule has 0 aromatic carbocycles. The Bertz CT molecular complexity index is 1110. The van der Waals surface area contributed by atoms with Gasteiger partial charge in [0.15, 0.2) is 28.5 Å². The molecule has 0 N–H and O–H groups in total. The number of Topliss-reactive ketones (excluding diaryl/α,β-unsaturated/α-hetero) is 4. The second-order valence-corrected chi connectivity index (χ2v) is 13.6. The van der Waals surface area contributed by atoms with Gasteiger partial charge < -0.3 is 0 Å². The third-order valence-corrected chi connectivity index (χ3v) is 9.14. The Hall–Kier alpha value is -2.36. The molecule has 0 spiro atoms. The highest BCUT2D eigenvalue weighted by atomic mass is 16.2. The fourth-order valence-electron chi connectivity index (χ4n) is 6.93. The first-order valence-corrected chi connectivity index (χ1v) is 14.7. The normalized spacial score (nSPS) is 30.1. The summed E-state index contributed by atoms with van der Waals surface area (Å²) in [6.45, 7) is 21.5. The van der Waals surface area contributed by atoms with Gasteiger partial charge in [-0.15, -0.1) is 0 Å². The fraction of sp³-hybridized carbons (Fsp3) is 0.657. The van der Waals surface area contributed by atoms with Crippen LogP contribution < -0.4 is 0 Å². The van der Waals surface area contributed by atoms with Crippen LogP contribution in [0.15, 0.2) is 46.6 Å². The average molecular weight is 537 g/mol. The number of rotatable bonds is 11. The van der Waals surface area contributed by atoms with E-state index in [0.717, 1.165) is 22.3 Å². The molecule has 216 valence electrons. The first-order valence-electron chi connectivity index (χ1n) is 14.7. The molecule has 0 amide bonds. The van der Waals surface area contributed by atoms with Gasteiger partial charge in [-0.3, -0.25) is 19.2 Å². The molecule has 5 atom stereocenters. The van der Waals surface area contributed by atoms with E-state index in [0.29, 0.717) is 25.7 Å². The number of hydrogen-bond donors (Lipinski definition) is 0. The maximum Gasteiger partial charge on any atom is 0.168 e. The van der Waals surface area contributed by atoms with Crippen LogP contribution in [0.5, 0.6) is 0 Å². The van der Waals surface area contributed by atoms with E-state index in [1.54, 1.807) is 13.8 Å². The van der Waals surface area contributed by atoms with Crippen LogP contribution in [0.2, 0.25) is 0 Å². The minimum absolute atomic E-state index is 0.166. The van der Waals surface area contributed by atoms with Gasteiger partial charge in [-0.25, -0.2) is 0 Å². The second-order valence-electron chi connectivity index (χ2n) is 13.6. The number of ketones is 4. The highest BCUT2D eigenvalue weighted by molar-refractivity contribution is 6.38. The second kappa shape index (κ2) is 12.4. The van der Waals surface area contributed by atoms with Crippen molar-refractivity contribution in [3.05, 3.63) is 46.6 Å². The van der Waals surface area contributed by atoms with E-state index < -0.39 is 39.6 Å². The molecule has 2 aliphatic rings. The van der Waals surface area contributed by atoms with Gasteiger partial charge in [0.2, 0.25) is 0 Å². The maximum absolute atomic E-state index is 15.0. The summed E-state index contributed by atoms with van der Waals surface area (Å²) in [7, 11) is 0. The van der Waals surface area contributed by atoms with E-state index in [4.69, 9.17) is 0 Å². The number of allylic oxidation sites excluding steroid dienone is 8. The van der Waals surface area contributed by atoms with Crippen LogP contribution >= 0.6 is 0 Å². The Morgan fingerprint density at radius 1 is 0.795 bits per heavy atom. The van der Waals surface area contributed by atoms with Gasteiger partial charge in [0, 0.05) is 5.92 Å². The zero-order valence-electron chi connectivity index (χ0n) is 26.4. The van der Waals surface area contributed by atoms with E-state index in [-0.39, 0.29) is 30.3 Å². The third kappa shape index (κ3) is 5.91. The summed E-state index contributed by atoms with van der Waals surface area (Å²) in [4.78, 5) is 58.7. The first kappa shape index (κ1) is 32.8. The summed E-state index contributed by atoms with van der Waals surface area (Å²) in [6, 6.07) is 0. The Morgan fingerprint density at radius 3 is 1.79 bits per heavy atom. The molecule has 0 heterocycles. The van der Waals surface area contributed by atoms with Gasteiger partial charge in [-0.05, 0) is 105 Å². The third-order valence-electron chi connectivity index (χ3n) is 9.14. The molecule has 4 nitrogen and oxygen atoms in total. The fourth-order valence-corrected chi connectivity index (χ4v) is 6.93. The van der Waals surface area contributed by atoms with Crippen molar-refractivity contribution in [1.82, 2.24) is 0 Å². The van der Waals surface area contributed by atoms with Crippen LogP contribution in [0.4, 0.5) is 0 Å². The minimum Gasteiger partial charge on any atom is -0.298 e. The summed E-state index contributed by atoms with van der Waals surface area (Å²) in [5.74, 6) is -3.14. The smallest absolute Gasteiger partial charge is 0.168 e. The van der Waals surface area contributed by atoms with Gasteiger partial charge in [0.25, 0.3) is 0 Å². The van der Waals surface area contributed by atoms with Crippen LogP contribution in [0.3, 0.4) is 0 Å². The molecule has 0 aromatic heterocycles. The number of fused-ring (bicyclic) bond motifs is 2. The van der Waals surface area contributed by atoms with Gasteiger partial charge in [0.1, 0.15) is 0 Å². The molecule has 2 fully saturated rings. The lowest BCUT2D eigenvalue weighted by atomic mass is 9.36. The van der Waals surface area contributed by atoms with Crippen molar-refractivity contribution in [3.8, 4) is 0 Å². The zero-order chi connectivity index (χ0) is 29.9. The van der Waals surface area contributed by atoms with Crippen molar-refractivity contribution < 1.29 is 19.2 Å². The Kier molecular flexibility index (Phi) is 10.5. The van der Waals surface area contributed by atoms with E-state index in [1.807, 2.05) is 74.5 Å². The van der Waals surface area contributed by atoms with Gasteiger partial charge in [0.05, 0.1) is 11.3 Å². The molecule has 0 aliphatic heterocycles. The topological polar surface area (TPSA) is 68.3 Å². The van der Waals surface area contributed by atoms with Crippen LogP contribution in [-0.2, 0) is 19.2 Å². The summed E-state index contributed by atoms with van der Waals surface area (Å²) in [6.07, 6.45) is 10.8. The quantitative estimate of drug-likeness (QED) is 0.196. The predicted octanol–water partition coefficient (Wildman–Crippen LogP) is 8.36. The van der Waals surface area contributed by atoms with E-state index in [1.165, 1.54) is 0 Å². The molecular weight excluding hydrogens is 484 g/mol. The average Bonchev–Trinajstić information content (AvgIpc) is 2.81. The van der Waals surface area contributed by atoms with E-state index in [9.17, 15) is 19.2 Å². The largest absolute Gasteiger partial charge is 0.298 e. The number of carbonyl (C=O) groups is 4. The SMILES string of the molecule is CC(C)=CCC[C@]1(C)C(CC=C(C)C)C[C@]2(CC=C(C)C)C(=O)C(CC=C(C)C)C(=O)[C@@]1(C(=O)C(C)C)C2=O. The molecule has 4 heteroatoms. The lowest BCUT2D eigenvalue weighted by Crippen LogP contribution is -2.75. The molecular formula is C35H52O4. The standard InChI is InChI=1S/C35H52O4/c1-22(2)13-12-19-33(11)27(16-14-23(3)4)21-34(20-18-25(7)8)30(37)28(17-15-24(5)6)31(38)35(33,32(34)39)29(36)26(9)10/h13-15,18,26-28H,12,16-17,19-21H2,1-11H3/t27?,28?,33-,34-,35+/m1/s1. The minimum atomic E-state index is -1.83. The summed E-state index contributed by atoms with van der Waals surface area (Å²) < 4.78 is 0. The zero-order valence-corrected chi connectivity index (χ0v) is 26.4. The van der Waals surface area contributed by atoms with Crippen molar-refractivity contribution in [2.75, 3.05) is 0 Å². The summed E-state index contributed by atoms with van der Waals surface area (Å²) in [5, 5.41) is 0. The lowest BCUT2D eigenvalue weighted by molar-refractivity contribution is -0.190. The molecule has 0 saturated heterocycles. The molecule has 39 heavy (non-hydrogen) atoms. The van der Waals surface area contributed by atoms with Crippen molar-refractivity contribution in [2.24, 2.45) is 34.0 Å². The first-order chi connectivity index (χ1) is 18.0. The van der Waals surface area contributed by atoms with Crippen molar-refractivity contribution in [1.29, 1.82) is 0 Å². The molecule has 2 rings (SSSR count). The molecule has 2 bridgehead atoms. The highest BCUT2D eigenvalue weighted by Gasteiger charge is 2.77. The predicted molar refractivity (Wildman–Crippen MR) is 160 cm³/mol. The van der Waals surface area contributed by atoms with Crippen LogP contribution in [-0.4, -0.2) is 23.1 Å². The summed E-state index contributed by atoms with van der Waals surface area (Å²) in [5.41, 5.74) is 0.221. The number of carbonyl (C=O) groups excluding carboxylic acids is 4. The molecule has 2 aliphatic carbocycles. The van der Waals surface area contributed by atoms with Gasteiger partial charge in [-0.1, -0.05) is 67.4 Å². The molecule has 0 aromatic rings. The van der Waals surface area contributed by atoms with Gasteiger partial charge in [-0.2, -0.15) is 0 Å². The maximum atomic E-state index is 15.0. The van der Waals surface area contributed by atoms with Crippen LogP contribution in [0.1, 0.15) is 115 Å². The van der Waals surface area contributed by atoms with Crippen LogP contribution in [0, 0.1) is 34.0 Å². The van der Waals surface area contributed by atoms with E-state index in [2.05, 4.69) is 12.2 Å². The molecule has 0 radical (unpaired) electrons. The van der Waals surface area contributed by atoms with Crippen molar-refractivity contribution in [2.45, 2.75) is 115 Å². The van der Waals surface area contributed by atoms with Crippen LogP contribution in [0.25, 0.3) is 0 Å². The van der Waals surface area contributed by atoms with Gasteiger partial charge >= 0.3 is 0 Å². The molecule has 2 saturated carbocycles. The Labute approximate surface area is 237 Å². The van der Waals surface area contributed by atoms with Crippen molar-refractivity contribution >= 4 is 23.1 Å². The Balaban J connectivity index is 3.04. The highest BCUT2D eigenvalue weighted by Crippen LogP contribution is 2.66. The van der Waals surface area contributed by atoms with Crippen molar-refractivity contribution in [3.63, 3.8) is 0 Å². The summed E-state index contributed by atoms with van der Waals surface area (Å²) >= 11 is 0. The lowest BCUT2D eigenvalue weighted by Gasteiger charge is -2.62. The molecule has 2 unspecified atom stereocenters. The van der Waals surface area contributed by atoms with E-state index >= 15 is 0 Å². The monoisotopic (exact) mass is 536 g/mol. The number of hydrogen-bond acceptors (Lipinski definition) is 4.